The van der Waals surface area contributed by atoms with Gasteiger partial charge in [0, 0.05) is 12.6 Å². The minimum absolute atomic E-state index is 0.107. The van der Waals surface area contributed by atoms with Crippen molar-refractivity contribution in [2.45, 2.75) is 24.4 Å². The first-order valence-electron chi connectivity index (χ1n) is 6.39. The molecule has 2 rings (SSSR count). The van der Waals surface area contributed by atoms with E-state index in [0.29, 0.717) is 5.75 Å². The molecular weight excluding hydrogens is 308 g/mol. The maximum Gasteiger partial charge on any atom is 0.244 e. The van der Waals surface area contributed by atoms with Crippen LogP contribution in [-0.4, -0.2) is 15.5 Å². The summed E-state index contributed by atoms with van der Waals surface area (Å²) >= 11 is 1.53. The van der Waals surface area contributed by atoms with Crippen molar-refractivity contribution >= 4 is 21.4 Å². The van der Waals surface area contributed by atoms with E-state index < -0.39 is 10.0 Å². The van der Waals surface area contributed by atoms with Crippen LogP contribution in [0.5, 0.6) is 5.75 Å². The molecule has 2 aromatic rings. The zero-order valence-electron chi connectivity index (χ0n) is 11.9. The third kappa shape index (κ3) is 3.62. The van der Waals surface area contributed by atoms with Crippen LogP contribution in [0.3, 0.4) is 0 Å². The first-order valence-corrected chi connectivity index (χ1v) is 8.82. The average Bonchev–Trinajstić information content (AvgIpc) is 3.00. The molecule has 1 unspecified atom stereocenters. The van der Waals surface area contributed by atoms with Crippen LogP contribution in [0.15, 0.2) is 39.9 Å². The van der Waals surface area contributed by atoms with Gasteiger partial charge in [-0.05, 0) is 47.0 Å². The molecule has 114 valence electrons. The molecule has 1 atom stereocenters. The molecule has 0 bridgehead atoms. The quantitative estimate of drug-likeness (QED) is 0.853. The number of nitrogens with one attached hydrogen (secondary N) is 1. The van der Waals surface area contributed by atoms with Gasteiger partial charge in [0.1, 0.15) is 10.6 Å². The molecule has 1 aromatic carbocycles. The van der Waals surface area contributed by atoms with Gasteiger partial charge in [-0.15, -0.1) is 0 Å². The topological polar surface area (TPSA) is 81.4 Å². The van der Waals surface area contributed by atoms with Crippen LogP contribution in [-0.2, 0) is 16.6 Å². The zero-order chi connectivity index (χ0) is 15.5. The number of rotatable bonds is 6. The number of hydrogen-bond acceptors (Lipinski definition) is 5. The average molecular weight is 326 g/mol. The molecule has 21 heavy (non-hydrogen) atoms. The fourth-order valence-electron chi connectivity index (χ4n) is 1.94. The molecule has 0 saturated heterocycles. The van der Waals surface area contributed by atoms with Crippen molar-refractivity contribution in [1.82, 2.24) is 4.72 Å². The molecule has 1 heterocycles. The second-order valence-corrected chi connectivity index (χ2v) is 7.05. The summed E-state index contributed by atoms with van der Waals surface area (Å²) in [5, 5.41) is 3.83. The molecule has 3 N–H and O–H groups in total. The largest absolute Gasteiger partial charge is 0.495 e. The molecule has 0 spiro atoms. The highest BCUT2D eigenvalue weighted by molar-refractivity contribution is 7.89. The van der Waals surface area contributed by atoms with Crippen LogP contribution in [0, 0.1) is 0 Å². The molecule has 0 aliphatic carbocycles. The van der Waals surface area contributed by atoms with E-state index in [4.69, 9.17) is 10.5 Å². The number of thiophene rings is 1. The Morgan fingerprint density at radius 1 is 1.38 bits per heavy atom. The first-order chi connectivity index (χ1) is 9.97. The Hall–Kier alpha value is -1.41. The summed E-state index contributed by atoms with van der Waals surface area (Å²) in [4.78, 5) is 0.107. The van der Waals surface area contributed by atoms with Crippen molar-refractivity contribution in [3.8, 4) is 5.75 Å². The molecule has 0 aliphatic heterocycles. The van der Waals surface area contributed by atoms with Gasteiger partial charge in [-0.25, -0.2) is 13.1 Å². The van der Waals surface area contributed by atoms with E-state index in [0.717, 1.165) is 11.1 Å². The van der Waals surface area contributed by atoms with Gasteiger partial charge in [-0.1, -0.05) is 6.07 Å². The smallest absolute Gasteiger partial charge is 0.244 e. The van der Waals surface area contributed by atoms with Gasteiger partial charge in [0.05, 0.1) is 7.11 Å². The third-order valence-corrected chi connectivity index (χ3v) is 5.39. The van der Waals surface area contributed by atoms with Gasteiger partial charge < -0.3 is 10.5 Å². The van der Waals surface area contributed by atoms with Gasteiger partial charge >= 0.3 is 0 Å². The summed E-state index contributed by atoms with van der Waals surface area (Å²) in [5.41, 5.74) is 7.24. The summed E-state index contributed by atoms with van der Waals surface area (Å²) in [5.74, 6) is 0.303. The van der Waals surface area contributed by atoms with Crippen LogP contribution in [0.2, 0.25) is 0 Å². The molecule has 0 aliphatic rings. The predicted molar refractivity (Wildman–Crippen MR) is 83.9 cm³/mol. The molecular formula is C14H18N2O3S2. The van der Waals surface area contributed by atoms with Crippen LogP contribution < -0.4 is 15.2 Å². The lowest BCUT2D eigenvalue weighted by atomic mass is 10.2. The molecule has 5 nitrogen and oxygen atoms in total. The fourth-order valence-corrected chi connectivity index (χ4v) is 4.15. The molecule has 0 amide bonds. The van der Waals surface area contributed by atoms with Crippen molar-refractivity contribution < 1.29 is 13.2 Å². The van der Waals surface area contributed by atoms with Crippen molar-refractivity contribution in [3.63, 3.8) is 0 Å². The molecule has 1 aromatic heterocycles. The third-order valence-electron chi connectivity index (χ3n) is 3.13. The predicted octanol–water partition coefficient (Wildman–Crippen LogP) is 2.25. The molecule has 0 saturated carbocycles. The van der Waals surface area contributed by atoms with Gasteiger partial charge in [-0.2, -0.15) is 11.3 Å². The Balaban J connectivity index is 2.34. The molecule has 0 fully saturated rings. The Morgan fingerprint density at radius 2 is 2.14 bits per heavy atom. The highest BCUT2D eigenvalue weighted by atomic mass is 32.2. The maximum atomic E-state index is 12.6. The van der Waals surface area contributed by atoms with Crippen molar-refractivity contribution in [3.05, 3.63) is 46.2 Å². The Bertz CT molecular complexity index is 697. The van der Waals surface area contributed by atoms with Crippen molar-refractivity contribution in [1.29, 1.82) is 0 Å². The molecule has 0 radical (unpaired) electrons. The van der Waals surface area contributed by atoms with E-state index in [1.54, 1.807) is 25.1 Å². The number of hydrogen-bond donors (Lipinski definition) is 2. The van der Waals surface area contributed by atoms with Crippen LogP contribution in [0.25, 0.3) is 0 Å². The summed E-state index contributed by atoms with van der Waals surface area (Å²) < 4.78 is 32.9. The normalized spacial score (nSPS) is 13.1. The second-order valence-electron chi connectivity index (χ2n) is 4.59. The highest BCUT2D eigenvalue weighted by Crippen LogP contribution is 2.27. The lowest BCUT2D eigenvalue weighted by molar-refractivity contribution is 0.402. The van der Waals surface area contributed by atoms with E-state index in [-0.39, 0.29) is 17.5 Å². The SMILES string of the molecule is COc1ccc(CN)cc1S(=O)(=O)NC(C)c1ccsc1. The lowest BCUT2D eigenvalue weighted by Crippen LogP contribution is -2.27. The number of methoxy groups -OCH3 is 1. The monoisotopic (exact) mass is 326 g/mol. The van der Waals surface area contributed by atoms with E-state index >= 15 is 0 Å². The van der Waals surface area contributed by atoms with Crippen LogP contribution in [0.4, 0.5) is 0 Å². The number of sulfonamides is 1. The minimum Gasteiger partial charge on any atom is -0.495 e. The lowest BCUT2D eigenvalue weighted by Gasteiger charge is -2.16. The van der Waals surface area contributed by atoms with Crippen LogP contribution >= 0.6 is 11.3 Å². The van der Waals surface area contributed by atoms with Crippen molar-refractivity contribution in [2.75, 3.05) is 7.11 Å². The van der Waals surface area contributed by atoms with Gasteiger partial charge in [0.25, 0.3) is 0 Å². The summed E-state index contributed by atoms with van der Waals surface area (Å²) in [6, 6.07) is 6.49. The Kier molecular flexibility index (Phi) is 5.00. The van der Waals surface area contributed by atoms with E-state index in [1.165, 1.54) is 18.4 Å². The number of benzene rings is 1. The van der Waals surface area contributed by atoms with E-state index in [1.807, 2.05) is 16.8 Å². The standard InChI is InChI=1S/C14H18N2O3S2/c1-10(12-5-6-20-9-12)16-21(17,18)14-7-11(8-15)3-4-13(14)19-2/h3-7,9-10,16H,8,15H2,1-2H3. The Morgan fingerprint density at radius 3 is 2.71 bits per heavy atom. The van der Waals surface area contributed by atoms with E-state index in [2.05, 4.69) is 4.72 Å². The fraction of sp³-hybridized carbons (Fsp3) is 0.286. The van der Waals surface area contributed by atoms with Gasteiger partial charge in [-0.3, -0.25) is 0 Å². The van der Waals surface area contributed by atoms with E-state index in [9.17, 15) is 8.42 Å². The number of ether oxygens (including phenoxy) is 1. The van der Waals surface area contributed by atoms with Crippen LogP contribution in [0.1, 0.15) is 24.1 Å². The van der Waals surface area contributed by atoms with Gasteiger partial charge in [0.2, 0.25) is 10.0 Å². The maximum absolute atomic E-state index is 12.6. The number of nitrogens with two attached hydrogens (primary N) is 1. The summed E-state index contributed by atoms with van der Waals surface area (Å²) in [6.07, 6.45) is 0. The van der Waals surface area contributed by atoms with Crippen molar-refractivity contribution in [2.24, 2.45) is 5.73 Å². The summed E-state index contributed by atoms with van der Waals surface area (Å²) in [7, 11) is -2.24. The zero-order valence-corrected chi connectivity index (χ0v) is 13.5. The second kappa shape index (κ2) is 6.57. The Labute approximate surface area is 128 Å². The first kappa shape index (κ1) is 16.0. The van der Waals surface area contributed by atoms with Gasteiger partial charge in [0.15, 0.2) is 0 Å². The highest BCUT2D eigenvalue weighted by Gasteiger charge is 2.23. The summed E-state index contributed by atoms with van der Waals surface area (Å²) in [6.45, 7) is 2.07. The minimum atomic E-state index is -3.69. The molecule has 7 heteroatoms.